The minimum absolute atomic E-state index is 0.186. The highest BCUT2D eigenvalue weighted by atomic mass is 16.4. The number of fused-ring (bicyclic) bond motifs is 3. The van der Waals surface area contributed by atoms with E-state index in [2.05, 4.69) is 6.07 Å². The minimum atomic E-state index is -0.674. The van der Waals surface area contributed by atoms with Gasteiger partial charge in [0.1, 0.15) is 0 Å². The predicted octanol–water partition coefficient (Wildman–Crippen LogP) is 1.92. The smallest absolute Gasteiger partial charge is 0.307 e. The number of nitriles is 1. The summed E-state index contributed by atoms with van der Waals surface area (Å²) in [6, 6.07) is 7.76. The number of carboxylic acids is 1. The Hall–Kier alpha value is -1.82. The molecule has 3 rings (SSSR count). The topological polar surface area (TPSA) is 61.1 Å². The Bertz CT molecular complexity index is 515. The molecular weight excluding hydrogens is 202 g/mol. The first kappa shape index (κ1) is 9.41. The second-order valence-electron chi connectivity index (χ2n) is 4.62. The first-order chi connectivity index (χ1) is 7.72. The first-order valence-corrected chi connectivity index (χ1v) is 5.48. The standard InChI is InChI=1S/C13H11NO2/c14-6-7-1-3-9-8(5-7)2-4-10-11(9)12(10)13(15)16/h1,3,5,10-12H,2,4H2,(H,15,16). The van der Waals surface area contributed by atoms with Crippen LogP contribution in [0.3, 0.4) is 0 Å². The number of hydrogen-bond acceptors (Lipinski definition) is 2. The van der Waals surface area contributed by atoms with E-state index >= 15 is 0 Å². The minimum Gasteiger partial charge on any atom is -0.481 e. The van der Waals surface area contributed by atoms with E-state index in [0.29, 0.717) is 11.5 Å². The van der Waals surface area contributed by atoms with Crippen LogP contribution in [-0.4, -0.2) is 11.1 Å². The summed E-state index contributed by atoms with van der Waals surface area (Å²) < 4.78 is 0. The van der Waals surface area contributed by atoms with Gasteiger partial charge in [0.2, 0.25) is 0 Å². The van der Waals surface area contributed by atoms with E-state index in [1.807, 2.05) is 12.1 Å². The zero-order valence-corrected chi connectivity index (χ0v) is 8.68. The van der Waals surface area contributed by atoms with E-state index in [0.717, 1.165) is 18.4 Å². The van der Waals surface area contributed by atoms with Gasteiger partial charge in [-0.3, -0.25) is 4.79 Å². The molecule has 80 valence electrons. The number of aryl methyl sites for hydroxylation is 1. The van der Waals surface area contributed by atoms with Crippen molar-refractivity contribution in [3.05, 3.63) is 34.9 Å². The van der Waals surface area contributed by atoms with E-state index in [-0.39, 0.29) is 11.8 Å². The van der Waals surface area contributed by atoms with Gasteiger partial charge in [0.15, 0.2) is 0 Å². The van der Waals surface area contributed by atoms with Gasteiger partial charge in [-0.15, -0.1) is 0 Å². The molecule has 0 aromatic heterocycles. The van der Waals surface area contributed by atoms with Crippen LogP contribution in [0.15, 0.2) is 18.2 Å². The molecule has 1 N–H and O–H groups in total. The molecule has 1 saturated carbocycles. The Kier molecular flexibility index (Phi) is 1.81. The third kappa shape index (κ3) is 1.16. The van der Waals surface area contributed by atoms with Crippen molar-refractivity contribution in [1.82, 2.24) is 0 Å². The molecule has 0 amide bonds. The number of nitrogens with zero attached hydrogens (tertiary/aromatic N) is 1. The highest BCUT2D eigenvalue weighted by Gasteiger charge is 2.57. The monoisotopic (exact) mass is 213 g/mol. The molecule has 3 nitrogen and oxygen atoms in total. The fourth-order valence-electron chi connectivity index (χ4n) is 3.03. The second kappa shape index (κ2) is 3.08. The number of benzene rings is 1. The Morgan fingerprint density at radius 2 is 2.31 bits per heavy atom. The van der Waals surface area contributed by atoms with Gasteiger partial charge in [0.05, 0.1) is 17.6 Å². The first-order valence-electron chi connectivity index (χ1n) is 5.48. The molecule has 0 heterocycles. The summed E-state index contributed by atoms with van der Waals surface area (Å²) in [7, 11) is 0. The van der Waals surface area contributed by atoms with Crippen LogP contribution < -0.4 is 0 Å². The molecule has 0 bridgehead atoms. The molecule has 0 spiro atoms. The van der Waals surface area contributed by atoms with Gasteiger partial charge >= 0.3 is 5.97 Å². The van der Waals surface area contributed by atoms with Crippen LogP contribution >= 0.6 is 0 Å². The van der Waals surface area contributed by atoms with Crippen molar-refractivity contribution in [2.45, 2.75) is 18.8 Å². The quantitative estimate of drug-likeness (QED) is 0.775. The zero-order valence-electron chi connectivity index (χ0n) is 8.68. The Morgan fingerprint density at radius 3 is 3.00 bits per heavy atom. The van der Waals surface area contributed by atoms with Crippen LogP contribution in [-0.2, 0) is 11.2 Å². The molecule has 3 unspecified atom stereocenters. The third-order valence-corrected chi connectivity index (χ3v) is 3.83. The molecule has 1 aromatic carbocycles. The molecule has 2 aliphatic carbocycles. The molecule has 16 heavy (non-hydrogen) atoms. The van der Waals surface area contributed by atoms with Gasteiger partial charge in [-0.25, -0.2) is 0 Å². The van der Waals surface area contributed by atoms with Gasteiger partial charge in [0, 0.05) is 5.92 Å². The molecule has 0 aliphatic heterocycles. The molecular formula is C13H11NO2. The van der Waals surface area contributed by atoms with Crippen molar-refractivity contribution in [3.8, 4) is 6.07 Å². The Labute approximate surface area is 93.3 Å². The molecule has 0 radical (unpaired) electrons. The predicted molar refractivity (Wildman–Crippen MR) is 56.8 cm³/mol. The Morgan fingerprint density at radius 1 is 1.50 bits per heavy atom. The van der Waals surface area contributed by atoms with Gasteiger partial charge < -0.3 is 5.11 Å². The van der Waals surface area contributed by atoms with E-state index in [4.69, 9.17) is 10.4 Å². The maximum atomic E-state index is 11.0. The van der Waals surface area contributed by atoms with Gasteiger partial charge in [-0.1, -0.05) is 6.07 Å². The SMILES string of the molecule is N#Cc1ccc2c(c1)CCC1C(C(=O)O)C21. The lowest BCUT2D eigenvalue weighted by atomic mass is 9.90. The molecule has 1 aromatic rings. The normalized spacial score (nSPS) is 29.8. The molecule has 0 saturated heterocycles. The van der Waals surface area contributed by atoms with Crippen molar-refractivity contribution in [2.75, 3.05) is 0 Å². The molecule has 2 aliphatic rings. The van der Waals surface area contributed by atoms with Crippen molar-refractivity contribution >= 4 is 5.97 Å². The highest BCUT2D eigenvalue weighted by Crippen LogP contribution is 2.59. The van der Waals surface area contributed by atoms with Crippen molar-refractivity contribution in [1.29, 1.82) is 5.26 Å². The van der Waals surface area contributed by atoms with Crippen molar-refractivity contribution in [3.63, 3.8) is 0 Å². The summed E-state index contributed by atoms with van der Waals surface area (Å²) in [4.78, 5) is 11.0. The fourth-order valence-corrected chi connectivity index (χ4v) is 3.03. The zero-order chi connectivity index (χ0) is 11.3. The summed E-state index contributed by atoms with van der Waals surface area (Å²) in [5.41, 5.74) is 3.00. The lowest BCUT2D eigenvalue weighted by Gasteiger charge is -2.14. The lowest BCUT2D eigenvalue weighted by molar-refractivity contribution is -0.138. The van der Waals surface area contributed by atoms with Crippen LogP contribution in [0, 0.1) is 23.2 Å². The lowest BCUT2D eigenvalue weighted by Crippen LogP contribution is -2.01. The number of aliphatic carboxylic acids is 1. The van der Waals surface area contributed by atoms with Gasteiger partial charge in [0.25, 0.3) is 0 Å². The average Bonchev–Trinajstić information content (AvgIpc) is 3.02. The number of rotatable bonds is 1. The van der Waals surface area contributed by atoms with Crippen molar-refractivity contribution < 1.29 is 9.90 Å². The second-order valence-corrected chi connectivity index (χ2v) is 4.62. The molecule has 3 heteroatoms. The highest BCUT2D eigenvalue weighted by molar-refractivity contribution is 5.77. The van der Waals surface area contributed by atoms with Crippen LogP contribution in [0.1, 0.15) is 29.0 Å². The third-order valence-electron chi connectivity index (χ3n) is 3.83. The largest absolute Gasteiger partial charge is 0.481 e. The van der Waals surface area contributed by atoms with Gasteiger partial charge in [-0.2, -0.15) is 5.26 Å². The summed E-state index contributed by atoms with van der Waals surface area (Å²) >= 11 is 0. The molecule has 3 atom stereocenters. The van der Waals surface area contributed by atoms with E-state index in [9.17, 15) is 4.79 Å². The summed E-state index contributed by atoms with van der Waals surface area (Å²) in [5, 5.41) is 17.9. The van der Waals surface area contributed by atoms with Crippen molar-refractivity contribution in [2.24, 2.45) is 11.8 Å². The maximum Gasteiger partial charge on any atom is 0.307 e. The average molecular weight is 213 g/mol. The van der Waals surface area contributed by atoms with Crippen LogP contribution in [0.5, 0.6) is 0 Å². The summed E-state index contributed by atoms with van der Waals surface area (Å²) in [6.07, 6.45) is 1.86. The summed E-state index contributed by atoms with van der Waals surface area (Å²) in [5.74, 6) is -0.326. The van der Waals surface area contributed by atoms with E-state index in [1.54, 1.807) is 6.07 Å². The Balaban J connectivity index is 2.00. The number of carbonyl (C=O) groups is 1. The van der Waals surface area contributed by atoms with E-state index < -0.39 is 5.97 Å². The number of hydrogen-bond donors (Lipinski definition) is 1. The van der Waals surface area contributed by atoms with Crippen LogP contribution in [0.2, 0.25) is 0 Å². The maximum absolute atomic E-state index is 11.0. The summed E-state index contributed by atoms with van der Waals surface area (Å²) in [6.45, 7) is 0. The van der Waals surface area contributed by atoms with Gasteiger partial charge in [-0.05, 0) is 42.0 Å². The van der Waals surface area contributed by atoms with E-state index in [1.165, 1.54) is 5.56 Å². The fraction of sp³-hybridized carbons (Fsp3) is 0.385. The van der Waals surface area contributed by atoms with Crippen LogP contribution in [0.25, 0.3) is 0 Å². The number of carboxylic acid groups (broad SMARTS) is 1. The van der Waals surface area contributed by atoms with Crippen LogP contribution in [0.4, 0.5) is 0 Å². The molecule has 1 fully saturated rings.